The highest BCUT2D eigenvalue weighted by atomic mass is 16.6. The molecule has 0 saturated heterocycles. The summed E-state index contributed by atoms with van der Waals surface area (Å²) in [6.07, 6.45) is 0. The maximum absolute atomic E-state index is 11.2. The quantitative estimate of drug-likeness (QED) is 0.480. The average Bonchev–Trinajstić information content (AvgIpc) is 2.41. The maximum atomic E-state index is 11.2. The lowest BCUT2D eigenvalue weighted by Crippen LogP contribution is -1.96. The number of nitro benzene ring substituents is 1. The molecule has 0 aliphatic carbocycles. The van der Waals surface area contributed by atoms with Crippen LogP contribution in [-0.2, 0) is 0 Å². The number of carbonyl (C=O) groups is 1. The van der Waals surface area contributed by atoms with Gasteiger partial charge in [-0.2, -0.15) is 0 Å². The fourth-order valence-corrected chi connectivity index (χ4v) is 1.79. The molecule has 0 fully saturated rings. The molecule has 0 aromatic heterocycles. The van der Waals surface area contributed by atoms with E-state index in [1.807, 2.05) is 0 Å². The Kier molecular flexibility index (Phi) is 3.79. The van der Waals surface area contributed by atoms with Crippen molar-refractivity contribution >= 4 is 11.5 Å². The van der Waals surface area contributed by atoms with E-state index in [2.05, 4.69) is 0 Å². The van der Waals surface area contributed by atoms with Crippen molar-refractivity contribution in [3.05, 3.63) is 63.7 Å². The summed E-state index contributed by atoms with van der Waals surface area (Å²) >= 11 is 0. The Morgan fingerprint density at radius 1 is 1.15 bits per heavy atom. The Hall–Kier alpha value is -2.69. The van der Waals surface area contributed by atoms with Gasteiger partial charge in [-0.3, -0.25) is 14.9 Å². The van der Waals surface area contributed by atoms with Crippen molar-refractivity contribution in [2.45, 2.75) is 13.8 Å². The third-order valence-electron chi connectivity index (χ3n) is 2.87. The molecule has 0 aliphatic heterocycles. The molecule has 2 aromatic carbocycles. The molecule has 2 aromatic rings. The van der Waals surface area contributed by atoms with Crippen molar-refractivity contribution in [3.8, 4) is 11.5 Å². The van der Waals surface area contributed by atoms with Gasteiger partial charge >= 0.3 is 5.69 Å². The standard InChI is InChI=1S/C15H13NO4/c1-10-4-3-5-14(16(18)19)15(10)20-13-8-6-12(7-9-13)11(2)17/h3-9H,1-2H3. The first-order chi connectivity index (χ1) is 9.49. The van der Waals surface area contributed by atoms with Crippen LogP contribution in [0.5, 0.6) is 11.5 Å². The molecular formula is C15H13NO4. The molecule has 0 amide bonds. The first-order valence-electron chi connectivity index (χ1n) is 6.02. The fraction of sp³-hybridized carbons (Fsp3) is 0.133. The lowest BCUT2D eigenvalue weighted by molar-refractivity contribution is -0.385. The van der Waals surface area contributed by atoms with E-state index in [4.69, 9.17) is 4.74 Å². The largest absolute Gasteiger partial charge is 0.450 e. The summed E-state index contributed by atoms with van der Waals surface area (Å²) in [6, 6.07) is 11.2. The second kappa shape index (κ2) is 5.52. The minimum Gasteiger partial charge on any atom is -0.450 e. The molecule has 5 nitrogen and oxygen atoms in total. The van der Waals surface area contributed by atoms with Crippen LogP contribution in [0.3, 0.4) is 0 Å². The molecule has 0 radical (unpaired) electrons. The number of nitro groups is 1. The molecule has 2 rings (SSSR count). The summed E-state index contributed by atoms with van der Waals surface area (Å²) < 4.78 is 5.58. The Bertz CT molecular complexity index is 662. The second-order valence-electron chi connectivity index (χ2n) is 4.36. The molecule has 0 N–H and O–H groups in total. The SMILES string of the molecule is CC(=O)c1ccc(Oc2c(C)cccc2[N+](=O)[O-])cc1. The Balaban J connectivity index is 2.34. The molecule has 0 aliphatic rings. The van der Waals surface area contributed by atoms with Gasteiger partial charge in [0, 0.05) is 11.6 Å². The number of benzene rings is 2. The topological polar surface area (TPSA) is 69.4 Å². The van der Waals surface area contributed by atoms with E-state index in [9.17, 15) is 14.9 Å². The molecular weight excluding hydrogens is 258 g/mol. The molecule has 5 heteroatoms. The second-order valence-corrected chi connectivity index (χ2v) is 4.36. The molecule has 0 heterocycles. The summed E-state index contributed by atoms with van der Waals surface area (Å²) in [4.78, 5) is 21.7. The van der Waals surface area contributed by atoms with E-state index in [0.29, 0.717) is 16.9 Å². The van der Waals surface area contributed by atoms with Crippen LogP contribution in [0.15, 0.2) is 42.5 Å². The van der Waals surface area contributed by atoms with Crippen molar-refractivity contribution in [2.24, 2.45) is 0 Å². The fourth-order valence-electron chi connectivity index (χ4n) is 1.79. The van der Waals surface area contributed by atoms with Crippen LogP contribution in [0.1, 0.15) is 22.8 Å². The van der Waals surface area contributed by atoms with Crippen molar-refractivity contribution in [1.29, 1.82) is 0 Å². The maximum Gasteiger partial charge on any atom is 0.311 e. The molecule has 0 bridgehead atoms. The number of nitrogens with zero attached hydrogens (tertiary/aromatic N) is 1. The number of aryl methyl sites for hydroxylation is 1. The average molecular weight is 271 g/mol. The lowest BCUT2D eigenvalue weighted by atomic mass is 10.1. The summed E-state index contributed by atoms with van der Waals surface area (Å²) in [5, 5.41) is 11.0. The Morgan fingerprint density at radius 3 is 2.35 bits per heavy atom. The van der Waals surface area contributed by atoms with E-state index in [0.717, 1.165) is 0 Å². The van der Waals surface area contributed by atoms with Crippen LogP contribution in [-0.4, -0.2) is 10.7 Å². The van der Waals surface area contributed by atoms with Crippen LogP contribution in [0.2, 0.25) is 0 Å². The number of ether oxygens (including phenoxy) is 1. The number of rotatable bonds is 4. The van der Waals surface area contributed by atoms with Gasteiger partial charge in [0.1, 0.15) is 5.75 Å². The van der Waals surface area contributed by atoms with E-state index in [1.54, 1.807) is 43.3 Å². The van der Waals surface area contributed by atoms with E-state index >= 15 is 0 Å². The predicted molar refractivity (Wildman–Crippen MR) is 74.4 cm³/mol. The van der Waals surface area contributed by atoms with Gasteiger partial charge < -0.3 is 4.74 Å². The minimum absolute atomic E-state index is 0.0431. The van der Waals surface area contributed by atoms with Crippen molar-refractivity contribution in [3.63, 3.8) is 0 Å². The molecule has 102 valence electrons. The lowest BCUT2D eigenvalue weighted by Gasteiger charge is -2.09. The molecule has 0 unspecified atom stereocenters. The third kappa shape index (κ3) is 2.83. The normalized spacial score (nSPS) is 10.1. The monoisotopic (exact) mass is 271 g/mol. The highest BCUT2D eigenvalue weighted by Crippen LogP contribution is 2.34. The van der Waals surface area contributed by atoms with Crippen molar-refractivity contribution < 1.29 is 14.5 Å². The number of Topliss-reactive ketones (excluding diaryl/α,β-unsaturated/α-hetero) is 1. The van der Waals surface area contributed by atoms with Gasteiger partial charge in [0.2, 0.25) is 5.75 Å². The number of para-hydroxylation sites is 1. The highest BCUT2D eigenvalue weighted by Gasteiger charge is 2.17. The van der Waals surface area contributed by atoms with Gasteiger partial charge in [0.25, 0.3) is 0 Å². The minimum atomic E-state index is -0.480. The van der Waals surface area contributed by atoms with Crippen molar-refractivity contribution in [2.75, 3.05) is 0 Å². The first kappa shape index (κ1) is 13.7. The van der Waals surface area contributed by atoms with Crippen molar-refractivity contribution in [1.82, 2.24) is 0 Å². The van der Waals surface area contributed by atoms with Gasteiger partial charge in [0.05, 0.1) is 4.92 Å². The Morgan fingerprint density at radius 2 is 1.80 bits per heavy atom. The zero-order chi connectivity index (χ0) is 14.7. The van der Waals surface area contributed by atoms with Crippen LogP contribution < -0.4 is 4.74 Å². The molecule has 20 heavy (non-hydrogen) atoms. The molecule has 0 atom stereocenters. The van der Waals surface area contributed by atoms with Crippen LogP contribution >= 0.6 is 0 Å². The Labute approximate surface area is 116 Å². The van der Waals surface area contributed by atoms with Crippen LogP contribution in [0.25, 0.3) is 0 Å². The summed E-state index contributed by atoms with van der Waals surface area (Å²) in [5.74, 6) is 0.624. The van der Waals surface area contributed by atoms with E-state index in [1.165, 1.54) is 13.0 Å². The van der Waals surface area contributed by atoms with Gasteiger partial charge in [-0.05, 0) is 43.7 Å². The number of ketones is 1. The molecule has 0 saturated carbocycles. The number of hydrogen-bond donors (Lipinski definition) is 0. The van der Waals surface area contributed by atoms with Gasteiger partial charge in [0.15, 0.2) is 5.78 Å². The van der Waals surface area contributed by atoms with Gasteiger partial charge in [-0.15, -0.1) is 0 Å². The predicted octanol–water partition coefficient (Wildman–Crippen LogP) is 3.90. The number of carbonyl (C=O) groups excluding carboxylic acids is 1. The summed E-state index contributed by atoms with van der Waals surface area (Å²) in [7, 11) is 0. The summed E-state index contributed by atoms with van der Waals surface area (Å²) in [5.41, 5.74) is 1.16. The van der Waals surface area contributed by atoms with E-state index in [-0.39, 0.29) is 17.2 Å². The van der Waals surface area contributed by atoms with Crippen LogP contribution in [0, 0.1) is 17.0 Å². The highest BCUT2D eigenvalue weighted by molar-refractivity contribution is 5.94. The van der Waals surface area contributed by atoms with Crippen LogP contribution in [0.4, 0.5) is 5.69 Å². The first-order valence-corrected chi connectivity index (χ1v) is 6.02. The zero-order valence-corrected chi connectivity index (χ0v) is 11.1. The zero-order valence-electron chi connectivity index (χ0n) is 11.1. The van der Waals surface area contributed by atoms with E-state index < -0.39 is 4.92 Å². The smallest absolute Gasteiger partial charge is 0.311 e. The van der Waals surface area contributed by atoms with Gasteiger partial charge in [-0.25, -0.2) is 0 Å². The number of hydrogen-bond acceptors (Lipinski definition) is 4. The van der Waals surface area contributed by atoms with Gasteiger partial charge in [-0.1, -0.05) is 12.1 Å². The summed E-state index contributed by atoms with van der Waals surface area (Å²) in [6.45, 7) is 3.22. The third-order valence-corrected chi connectivity index (χ3v) is 2.87. The molecule has 0 spiro atoms.